The SMILES string of the molecule is O=C1COc2ccc(CNC(=O)c3cc(C(=O)NCc4ncccn4)n4nccc4n3)cc2N1. The van der Waals surface area contributed by atoms with Crippen molar-refractivity contribution < 1.29 is 19.1 Å². The molecule has 0 bridgehead atoms. The summed E-state index contributed by atoms with van der Waals surface area (Å²) in [6, 6.07) is 9.89. The number of rotatable bonds is 6. The highest BCUT2D eigenvalue weighted by Crippen LogP contribution is 2.28. The normalized spacial score (nSPS) is 12.4. The number of aromatic nitrogens is 5. The van der Waals surface area contributed by atoms with E-state index in [9.17, 15) is 14.4 Å². The van der Waals surface area contributed by atoms with Gasteiger partial charge in [-0.2, -0.15) is 5.10 Å². The van der Waals surface area contributed by atoms with Gasteiger partial charge in [-0.3, -0.25) is 14.4 Å². The molecule has 0 saturated carbocycles. The minimum atomic E-state index is -0.470. The van der Waals surface area contributed by atoms with Crippen molar-refractivity contribution in [3.8, 4) is 5.75 Å². The van der Waals surface area contributed by atoms with Gasteiger partial charge in [0.25, 0.3) is 17.7 Å². The molecule has 0 aliphatic carbocycles. The molecule has 0 fully saturated rings. The Bertz CT molecular complexity index is 1400. The van der Waals surface area contributed by atoms with Crippen molar-refractivity contribution in [1.82, 2.24) is 35.2 Å². The maximum atomic E-state index is 12.8. The van der Waals surface area contributed by atoms with Crippen molar-refractivity contribution in [2.75, 3.05) is 11.9 Å². The number of carbonyl (C=O) groups excluding carboxylic acids is 3. The van der Waals surface area contributed by atoms with Crippen LogP contribution in [-0.4, -0.2) is 48.9 Å². The Morgan fingerprint density at radius 2 is 1.85 bits per heavy atom. The topological polar surface area (TPSA) is 152 Å². The molecule has 1 aliphatic rings. The number of fused-ring (bicyclic) bond motifs is 2. The highest BCUT2D eigenvalue weighted by Gasteiger charge is 2.19. The van der Waals surface area contributed by atoms with Gasteiger partial charge in [0.05, 0.1) is 18.4 Å². The van der Waals surface area contributed by atoms with Crippen LogP contribution in [0.5, 0.6) is 5.75 Å². The summed E-state index contributed by atoms with van der Waals surface area (Å²) >= 11 is 0. The van der Waals surface area contributed by atoms with Gasteiger partial charge in [0.2, 0.25) is 0 Å². The average molecular weight is 458 g/mol. The minimum absolute atomic E-state index is 0.0277. The number of nitrogens with zero attached hydrogens (tertiary/aromatic N) is 5. The molecular formula is C22H18N8O4. The van der Waals surface area contributed by atoms with Crippen LogP contribution in [0.2, 0.25) is 0 Å². The fourth-order valence-electron chi connectivity index (χ4n) is 3.38. The first-order valence-electron chi connectivity index (χ1n) is 10.3. The quantitative estimate of drug-likeness (QED) is 0.382. The molecule has 12 heteroatoms. The van der Waals surface area contributed by atoms with Crippen LogP contribution >= 0.6 is 0 Å². The number of ether oxygens (including phenoxy) is 1. The first-order valence-corrected chi connectivity index (χ1v) is 10.3. The Balaban J connectivity index is 1.31. The highest BCUT2D eigenvalue weighted by atomic mass is 16.5. The third-order valence-corrected chi connectivity index (χ3v) is 4.98. The van der Waals surface area contributed by atoms with E-state index in [-0.39, 0.29) is 37.0 Å². The Hall–Kier alpha value is -4.87. The van der Waals surface area contributed by atoms with E-state index >= 15 is 0 Å². The van der Waals surface area contributed by atoms with Gasteiger partial charge in [0, 0.05) is 31.1 Å². The van der Waals surface area contributed by atoms with E-state index in [4.69, 9.17) is 4.74 Å². The summed E-state index contributed by atoms with van der Waals surface area (Å²) in [5, 5.41) is 12.3. The summed E-state index contributed by atoms with van der Waals surface area (Å²) in [6.07, 6.45) is 4.65. The number of carbonyl (C=O) groups is 3. The Labute approximate surface area is 192 Å². The molecule has 0 radical (unpaired) electrons. The second-order valence-corrected chi connectivity index (χ2v) is 7.33. The maximum Gasteiger partial charge on any atom is 0.270 e. The molecule has 1 aliphatic heterocycles. The van der Waals surface area contributed by atoms with Crippen molar-refractivity contribution in [2.24, 2.45) is 0 Å². The van der Waals surface area contributed by atoms with E-state index in [1.807, 2.05) is 0 Å². The predicted molar refractivity (Wildman–Crippen MR) is 118 cm³/mol. The third-order valence-electron chi connectivity index (χ3n) is 4.98. The smallest absolute Gasteiger partial charge is 0.270 e. The van der Waals surface area contributed by atoms with Gasteiger partial charge in [0.1, 0.15) is 23.0 Å². The second-order valence-electron chi connectivity index (χ2n) is 7.33. The summed E-state index contributed by atoms with van der Waals surface area (Å²) in [7, 11) is 0. The largest absolute Gasteiger partial charge is 0.482 e. The van der Waals surface area contributed by atoms with E-state index in [0.29, 0.717) is 22.9 Å². The second kappa shape index (κ2) is 8.94. The van der Waals surface area contributed by atoms with Gasteiger partial charge in [-0.1, -0.05) is 6.07 Å². The zero-order valence-electron chi connectivity index (χ0n) is 17.7. The number of nitrogens with one attached hydrogen (secondary N) is 3. The van der Waals surface area contributed by atoms with Crippen molar-refractivity contribution >= 4 is 29.1 Å². The molecule has 4 heterocycles. The molecule has 0 atom stereocenters. The lowest BCUT2D eigenvalue weighted by Crippen LogP contribution is -2.29. The molecule has 4 aromatic rings. The summed E-state index contributed by atoms with van der Waals surface area (Å²) in [5.74, 6) is -0.146. The van der Waals surface area contributed by atoms with Crippen molar-refractivity contribution in [2.45, 2.75) is 13.1 Å². The lowest BCUT2D eigenvalue weighted by molar-refractivity contribution is -0.118. The summed E-state index contributed by atoms with van der Waals surface area (Å²) in [6.45, 7) is 0.270. The standard InChI is InChI=1S/C22H18N8O4/c31-20-12-34-17-3-2-13(8-14(17)29-20)10-25-21(32)15-9-16(30-19(28-15)4-7-27-30)22(33)26-11-18-23-5-1-6-24-18/h1-9H,10-12H2,(H,25,32)(H,26,33)(H,29,31). The van der Waals surface area contributed by atoms with E-state index < -0.39 is 11.8 Å². The number of anilines is 1. The summed E-state index contributed by atoms with van der Waals surface area (Å²) in [4.78, 5) is 49.6. The number of hydrogen-bond acceptors (Lipinski definition) is 8. The minimum Gasteiger partial charge on any atom is -0.482 e. The van der Waals surface area contributed by atoms with E-state index in [0.717, 1.165) is 5.56 Å². The average Bonchev–Trinajstić information content (AvgIpc) is 3.34. The van der Waals surface area contributed by atoms with Crippen LogP contribution in [0, 0.1) is 0 Å². The van der Waals surface area contributed by atoms with Crippen LogP contribution < -0.4 is 20.7 Å². The number of amides is 3. The first kappa shape index (κ1) is 21.0. The molecule has 0 spiro atoms. The monoisotopic (exact) mass is 458 g/mol. The predicted octanol–water partition coefficient (Wildman–Crippen LogP) is 0.710. The Morgan fingerprint density at radius 1 is 1.03 bits per heavy atom. The molecule has 5 rings (SSSR count). The molecule has 1 aromatic carbocycles. The highest BCUT2D eigenvalue weighted by molar-refractivity contribution is 5.98. The zero-order chi connectivity index (χ0) is 23.5. The van der Waals surface area contributed by atoms with Gasteiger partial charge in [-0.15, -0.1) is 0 Å². The van der Waals surface area contributed by atoms with Crippen LogP contribution in [-0.2, 0) is 17.9 Å². The van der Waals surface area contributed by atoms with Crippen molar-refractivity contribution in [1.29, 1.82) is 0 Å². The van der Waals surface area contributed by atoms with Crippen LogP contribution in [0.25, 0.3) is 5.65 Å². The molecule has 3 aromatic heterocycles. The molecule has 12 nitrogen and oxygen atoms in total. The molecular weight excluding hydrogens is 440 g/mol. The Kier molecular flexibility index (Phi) is 5.52. The lowest BCUT2D eigenvalue weighted by atomic mass is 10.1. The lowest BCUT2D eigenvalue weighted by Gasteiger charge is -2.18. The summed E-state index contributed by atoms with van der Waals surface area (Å²) in [5.41, 5.74) is 1.85. The third kappa shape index (κ3) is 4.37. The van der Waals surface area contributed by atoms with Gasteiger partial charge >= 0.3 is 0 Å². The Morgan fingerprint density at radius 3 is 2.71 bits per heavy atom. The molecule has 0 saturated heterocycles. The molecule has 170 valence electrons. The first-order chi connectivity index (χ1) is 16.6. The van der Waals surface area contributed by atoms with Gasteiger partial charge in [0.15, 0.2) is 12.3 Å². The van der Waals surface area contributed by atoms with Crippen LogP contribution in [0.4, 0.5) is 5.69 Å². The van der Waals surface area contributed by atoms with Crippen molar-refractivity contribution in [3.05, 3.63) is 77.8 Å². The van der Waals surface area contributed by atoms with E-state index in [2.05, 4.69) is 36.0 Å². The fraction of sp³-hybridized carbons (Fsp3) is 0.136. The number of hydrogen-bond donors (Lipinski definition) is 3. The zero-order valence-corrected chi connectivity index (χ0v) is 17.7. The van der Waals surface area contributed by atoms with E-state index in [1.54, 1.807) is 42.7 Å². The van der Waals surface area contributed by atoms with Gasteiger partial charge < -0.3 is 20.7 Å². The molecule has 3 amide bonds. The summed E-state index contributed by atoms with van der Waals surface area (Å²) < 4.78 is 6.69. The van der Waals surface area contributed by atoms with Gasteiger partial charge in [-0.05, 0) is 23.8 Å². The maximum absolute atomic E-state index is 12.8. The van der Waals surface area contributed by atoms with Crippen LogP contribution in [0.15, 0.2) is 55.0 Å². The number of benzene rings is 1. The van der Waals surface area contributed by atoms with Crippen LogP contribution in [0.1, 0.15) is 32.4 Å². The van der Waals surface area contributed by atoms with E-state index in [1.165, 1.54) is 16.8 Å². The molecule has 3 N–H and O–H groups in total. The van der Waals surface area contributed by atoms with Gasteiger partial charge in [-0.25, -0.2) is 19.5 Å². The molecule has 34 heavy (non-hydrogen) atoms. The fourth-order valence-corrected chi connectivity index (χ4v) is 3.38. The van der Waals surface area contributed by atoms with Crippen molar-refractivity contribution in [3.63, 3.8) is 0 Å². The molecule has 0 unspecified atom stereocenters. The van der Waals surface area contributed by atoms with Crippen LogP contribution in [0.3, 0.4) is 0 Å².